The zero-order chi connectivity index (χ0) is 6.24. The molecule has 0 aromatic rings. The van der Waals surface area contributed by atoms with Crippen LogP contribution >= 0.6 is 0 Å². The van der Waals surface area contributed by atoms with E-state index in [2.05, 4.69) is 11.4 Å². The molecule has 1 nitrogen and oxygen atoms in total. The number of nitrogens with one attached hydrogen (secondary N) is 1. The third kappa shape index (κ3) is 5.03. The minimum Gasteiger partial charge on any atom is -0.342 e. The predicted octanol–water partition coefficient (Wildman–Crippen LogP) is 0.692. The number of rotatable bonds is 3. The van der Waals surface area contributed by atoms with E-state index in [4.69, 9.17) is 6.42 Å². The average Bonchev–Trinajstić information content (AvgIpc) is 1.81. The smallest absolute Gasteiger partial charge is 0.108 e. The van der Waals surface area contributed by atoms with Crippen LogP contribution in [0.2, 0.25) is 0 Å². The first-order chi connectivity index (χ1) is 3.91. The average molecular weight is 113 g/mol. The van der Waals surface area contributed by atoms with Crippen molar-refractivity contribution in [2.24, 2.45) is 0 Å². The van der Waals surface area contributed by atoms with Gasteiger partial charge in [0.05, 0.1) is 0 Å². The van der Waals surface area contributed by atoms with Crippen LogP contribution in [0.25, 0.3) is 0 Å². The highest BCUT2D eigenvalue weighted by atomic mass is 19.1. The largest absolute Gasteiger partial charge is 0.342 e. The molecular formula is C6H8FN. The van der Waals surface area contributed by atoms with E-state index in [0.29, 0.717) is 6.54 Å². The Morgan fingerprint density at radius 1 is 1.62 bits per heavy atom. The molecule has 0 aliphatic heterocycles. The Hall–Kier alpha value is -0.970. The fourth-order valence-electron chi connectivity index (χ4n) is 0.264. The molecule has 0 amide bonds. The van der Waals surface area contributed by atoms with Gasteiger partial charge < -0.3 is 5.32 Å². The van der Waals surface area contributed by atoms with E-state index >= 15 is 0 Å². The molecule has 0 aromatic carbocycles. The van der Waals surface area contributed by atoms with Crippen molar-refractivity contribution < 1.29 is 4.39 Å². The normalized spacial score (nSPS) is 9.00. The lowest BCUT2D eigenvalue weighted by Crippen LogP contribution is -2.03. The molecular weight excluding hydrogens is 105 g/mol. The molecule has 0 aromatic heterocycles. The van der Waals surface area contributed by atoms with Crippen molar-refractivity contribution in [1.29, 1.82) is 0 Å². The van der Waals surface area contributed by atoms with E-state index in [0.717, 1.165) is 0 Å². The third-order valence-corrected chi connectivity index (χ3v) is 0.578. The molecule has 0 aliphatic rings. The maximum Gasteiger partial charge on any atom is 0.108 e. The summed E-state index contributed by atoms with van der Waals surface area (Å²) >= 11 is 0. The van der Waals surface area contributed by atoms with Crippen molar-refractivity contribution in [1.82, 2.24) is 5.32 Å². The molecule has 44 valence electrons. The van der Waals surface area contributed by atoms with Crippen LogP contribution in [0, 0.1) is 12.5 Å². The summed E-state index contributed by atoms with van der Waals surface area (Å²) in [4.78, 5) is 0. The number of hydrogen-bond donors (Lipinski definition) is 1. The lowest BCUT2D eigenvalue weighted by molar-refractivity contribution is 0.561. The Balaban J connectivity index is 2.94. The number of allylic oxidation sites excluding steroid dienone is 1. The van der Waals surface area contributed by atoms with Crippen molar-refractivity contribution >= 4 is 0 Å². The van der Waals surface area contributed by atoms with Crippen molar-refractivity contribution in [2.45, 2.75) is 0 Å². The van der Waals surface area contributed by atoms with Gasteiger partial charge in [0.1, 0.15) is 6.67 Å². The summed E-state index contributed by atoms with van der Waals surface area (Å²) in [5.41, 5.74) is 0. The second kappa shape index (κ2) is 6.03. The van der Waals surface area contributed by atoms with E-state index in [1.807, 2.05) is 0 Å². The van der Waals surface area contributed by atoms with Gasteiger partial charge in [-0.25, -0.2) is 4.39 Å². The molecule has 0 heterocycles. The van der Waals surface area contributed by atoms with E-state index in [1.165, 1.54) is 6.08 Å². The van der Waals surface area contributed by atoms with Gasteiger partial charge in [-0.3, -0.25) is 0 Å². The second-order valence-electron chi connectivity index (χ2n) is 1.15. The van der Waals surface area contributed by atoms with Gasteiger partial charge in [-0.05, 0) is 0 Å². The van der Waals surface area contributed by atoms with E-state index in [9.17, 15) is 4.39 Å². The lowest BCUT2D eigenvalue weighted by atomic mass is 10.5. The Labute approximate surface area is 48.6 Å². The van der Waals surface area contributed by atoms with E-state index < -0.39 is 6.67 Å². The number of terminal acetylenes is 1. The molecule has 1 N–H and O–H groups in total. The van der Waals surface area contributed by atoms with Gasteiger partial charge in [-0.2, -0.15) is 0 Å². The van der Waals surface area contributed by atoms with Crippen LogP contribution in [0.4, 0.5) is 4.39 Å². The molecule has 0 aliphatic carbocycles. The fraction of sp³-hybridized carbons (Fsp3) is 0.333. The van der Waals surface area contributed by atoms with Gasteiger partial charge in [-0.1, -0.05) is 18.6 Å². The summed E-state index contributed by atoms with van der Waals surface area (Å²) in [6.45, 7) is 0.118. The summed E-state index contributed by atoms with van der Waals surface area (Å²) in [5.74, 6) is 0. The molecule has 0 atom stereocenters. The Morgan fingerprint density at radius 2 is 2.38 bits per heavy atom. The Kier molecular flexibility index (Phi) is 5.30. The molecule has 0 rings (SSSR count). The van der Waals surface area contributed by atoms with Crippen molar-refractivity contribution in [3.05, 3.63) is 12.2 Å². The van der Waals surface area contributed by atoms with Crippen LogP contribution in [0.15, 0.2) is 12.2 Å². The molecule has 0 saturated carbocycles. The minimum absolute atomic E-state index is 0.424. The topological polar surface area (TPSA) is 12.0 Å². The molecule has 0 spiro atoms. The fourth-order valence-corrected chi connectivity index (χ4v) is 0.264. The summed E-state index contributed by atoms with van der Waals surface area (Å²) in [7, 11) is 0. The third-order valence-electron chi connectivity index (χ3n) is 0.578. The van der Waals surface area contributed by atoms with Crippen LogP contribution in [0.3, 0.4) is 0 Å². The van der Waals surface area contributed by atoms with Crippen LogP contribution < -0.4 is 5.32 Å². The molecule has 2 heteroatoms. The van der Waals surface area contributed by atoms with E-state index in [-0.39, 0.29) is 0 Å². The highest BCUT2D eigenvalue weighted by Gasteiger charge is 1.68. The zero-order valence-corrected chi connectivity index (χ0v) is 4.52. The molecule has 0 fully saturated rings. The van der Waals surface area contributed by atoms with Crippen LogP contribution in [0.5, 0.6) is 0 Å². The first kappa shape index (κ1) is 7.03. The maximum atomic E-state index is 11.3. The minimum atomic E-state index is -0.424. The highest BCUT2D eigenvalue weighted by Crippen LogP contribution is 1.70. The SMILES string of the molecule is C#CNCC=CCF. The summed E-state index contributed by atoms with van der Waals surface area (Å²) < 4.78 is 11.3. The van der Waals surface area contributed by atoms with E-state index in [1.54, 1.807) is 6.08 Å². The highest BCUT2D eigenvalue weighted by molar-refractivity contribution is 4.89. The lowest BCUT2D eigenvalue weighted by Gasteiger charge is -1.84. The van der Waals surface area contributed by atoms with Gasteiger partial charge in [0, 0.05) is 12.6 Å². The van der Waals surface area contributed by atoms with Crippen LogP contribution in [-0.2, 0) is 0 Å². The second-order valence-corrected chi connectivity index (χ2v) is 1.15. The van der Waals surface area contributed by atoms with Gasteiger partial charge in [-0.15, -0.1) is 0 Å². The monoisotopic (exact) mass is 113 g/mol. The van der Waals surface area contributed by atoms with Crippen molar-refractivity contribution in [3.8, 4) is 12.5 Å². The van der Waals surface area contributed by atoms with Gasteiger partial charge in [0.25, 0.3) is 0 Å². The van der Waals surface area contributed by atoms with Gasteiger partial charge in [0.2, 0.25) is 0 Å². The summed E-state index contributed by atoms with van der Waals surface area (Å²) in [6.07, 6.45) is 7.87. The van der Waals surface area contributed by atoms with Gasteiger partial charge in [0.15, 0.2) is 0 Å². The van der Waals surface area contributed by atoms with Crippen molar-refractivity contribution in [2.75, 3.05) is 13.2 Å². The zero-order valence-electron chi connectivity index (χ0n) is 4.52. The quantitative estimate of drug-likeness (QED) is 0.246. The van der Waals surface area contributed by atoms with Crippen LogP contribution in [-0.4, -0.2) is 13.2 Å². The van der Waals surface area contributed by atoms with Gasteiger partial charge >= 0.3 is 0 Å². The number of alkyl halides is 1. The summed E-state index contributed by atoms with van der Waals surface area (Å²) in [6, 6.07) is 2.20. The Morgan fingerprint density at radius 3 is 2.88 bits per heavy atom. The molecule has 0 saturated heterocycles. The maximum absolute atomic E-state index is 11.3. The molecule has 0 bridgehead atoms. The first-order valence-electron chi connectivity index (χ1n) is 2.31. The van der Waals surface area contributed by atoms with Crippen molar-refractivity contribution in [3.63, 3.8) is 0 Å². The Bertz CT molecular complexity index is 102. The first-order valence-corrected chi connectivity index (χ1v) is 2.31. The molecule has 8 heavy (non-hydrogen) atoms. The summed E-state index contributed by atoms with van der Waals surface area (Å²) in [5, 5.41) is 2.56. The standard InChI is InChI=1S/C6H8FN/c1-2-8-6-4-3-5-7/h1,3-4,8H,5-6H2. The molecule has 0 radical (unpaired) electrons. The number of halogens is 1. The number of hydrogen-bond acceptors (Lipinski definition) is 1. The molecule has 0 unspecified atom stereocenters. The van der Waals surface area contributed by atoms with Crippen LogP contribution in [0.1, 0.15) is 0 Å². The predicted molar refractivity (Wildman–Crippen MR) is 32.0 cm³/mol.